The lowest BCUT2D eigenvalue weighted by atomic mass is 10.1. The quantitative estimate of drug-likeness (QED) is 0.840. The van der Waals surface area contributed by atoms with Crippen molar-refractivity contribution in [2.75, 3.05) is 5.32 Å². The molecule has 0 aromatic heterocycles. The van der Waals surface area contributed by atoms with Crippen LogP contribution in [0.1, 0.15) is 16.7 Å². The second-order valence-electron chi connectivity index (χ2n) is 4.14. The number of hydrogen-bond donors (Lipinski definition) is 2. The van der Waals surface area contributed by atoms with Crippen LogP contribution >= 0.6 is 0 Å². The third-order valence-corrected chi connectivity index (χ3v) is 2.95. The van der Waals surface area contributed by atoms with Gasteiger partial charge in [-0.25, -0.2) is 0 Å². The van der Waals surface area contributed by atoms with Gasteiger partial charge in [-0.15, -0.1) is 0 Å². The number of para-hydroxylation sites is 1. The van der Waals surface area contributed by atoms with Gasteiger partial charge in [-0.05, 0) is 29.7 Å². The van der Waals surface area contributed by atoms with Crippen molar-refractivity contribution in [3.8, 4) is 0 Å². The third-order valence-electron chi connectivity index (χ3n) is 2.95. The number of rotatable bonds is 4. The molecular weight excluding hydrogens is 208 g/mol. The van der Waals surface area contributed by atoms with E-state index in [1.54, 1.807) is 0 Å². The van der Waals surface area contributed by atoms with Crippen molar-refractivity contribution in [3.05, 3.63) is 65.2 Å². The fourth-order valence-electron chi connectivity index (χ4n) is 1.89. The van der Waals surface area contributed by atoms with Crippen molar-refractivity contribution in [1.82, 2.24) is 0 Å². The Morgan fingerprint density at radius 3 is 2.29 bits per heavy atom. The largest absolute Gasteiger partial charge is 0.381 e. The van der Waals surface area contributed by atoms with Crippen molar-refractivity contribution in [2.24, 2.45) is 5.73 Å². The van der Waals surface area contributed by atoms with Crippen LogP contribution in [-0.4, -0.2) is 0 Å². The molecule has 0 bridgehead atoms. The predicted octanol–water partition coefficient (Wildman–Crippen LogP) is 3.07. The number of nitrogens with one attached hydrogen (secondary N) is 1. The van der Waals surface area contributed by atoms with Crippen LogP contribution < -0.4 is 11.1 Å². The maximum Gasteiger partial charge on any atom is 0.0404 e. The summed E-state index contributed by atoms with van der Waals surface area (Å²) in [5.41, 5.74) is 10.6. The molecule has 0 saturated heterocycles. The average Bonchev–Trinajstić information content (AvgIpc) is 2.38. The first-order valence-electron chi connectivity index (χ1n) is 5.87. The summed E-state index contributed by atoms with van der Waals surface area (Å²) < 4.78 is 0. The van der Waals surface area contributed by atoms with Gasteiger partial charge in [0.05, 0.1) is 0 Å². The fourth-order valence-corrected chi connectivity index (χ4v) is 1.89. The topological polar surface area (TPSA) is 38.0 Å². The highest BCUT2D eigenvalue weighted by Crippen LogP contribution is 2.16. The first-order chi connectivity index (χ1) is 8.31. The van der Waals surface area contributed by atoms with Crippen LogP contribution in [0.25, 0.3) is 0 Å². The van der Waals surface area contributed by atoms with Crippen molar-refractivity contribution in [2.45, 2.75) is 20.0 Å². The van der Waals surface area contributed by atoms with Gasteiger partial charge >= 0.3 is 0 Å². The Morgan fingerprint density at radius 1 is 0.941 bits per heavy atom. The van der Waals surface area contributed by atoms with E-state index >= 15 is 0 Å². The average molecular weight is 226 g/mol. The van der Waals surface area contributed by atoms with Crippen LogP contribution in [0.4, 0.5) is 5.69 Å². The molecular formula is C15H18N2. The number of nitrogens with two attached hydrogens (primary N) is 1. The smallest absolute Gasteiger partial charge is 0.0404 e. The minimum atomic E-state index is 0.589. The summed E-state index contributed by atoms with van der Waals surface area (Å²) in [6.45, 7) is 3.51. The van der Waals surface area contributed by atoms with Crippen LogP contribution in [-0.2, 0) is 13.1 Å². The normalized spacial score (nSPS) is 10.2. The first kappa shape index (κ1) is 11.7. The van der Waals surface area contributed by atoms with E-state index in [9.17, 15) is 0 Å². The highest BCUT2D eigenvalue weighted by molar-refractivity contribution is 5.50. The summed E-state index contributed by atoms with van der Waals surface area (Å²) in [5, 5.41) is 3.45. The molecule has 0 heterocycles. The Labute approximate surface area is 102 Å². The molecule has 0 aliphatic carbocycles. The zero-order valence-electron chi connectivity index (χ0n) is 10.1. The minimum absolute atomic E-state index is 0.589. The van der Waals surface area contributed by atoms with E-state index in [0.717, 1.165) is 6.54 Å². The summed E-state index contributed by atoms with van der Waals surface area (Å²) in [5.74, 6) is 0. The second-order valence-corrected chi connectivity index (χ2v) is 4.14. The molecule has 2 rings (SSSR count). The Hall–Kier alpha value is -1.80. The number of aryl methyl sites for hydroxylation is 1. The Bertz CT molecular complexity index is 492. The van der Waals surface area contributed by atoms with Gasteiger partial charge in [0.15, 0.2) is 0 Å². The van der Waals surface area contributed by atoms with E-state index in [1.807, 2.05) is 24.3 Å². The van der Waals surface area contributed by atoms with Crippen molar-refractivity contribution < 1.29 is 0 Å². The zero-order valence-corrected chi connectivity index (χ0v) is 10.1. The summed E-state index contributed by atoms with van der Waals surface area (Å²) in [6, 6.07) is 16.6. The van der Waals surface area contributed by atoms with Gasteiger partial charge in [-0.2, -0.15) is 0 Å². The van der Waals surface area contributed by atoms with E-state index in [2.05, 4.69) is 36.5 Å². The zero-order chi connectivity index (χ0) is 12.1. The summed E-state index contributed by atoms with van der Waals surface area (Å²) in [7, 11) is 0. The molecule has 0 aliphatic heterocycles. The third kappa shape index (κ3) is 2.86. The minimum Gasteiger partial charge on any atom is -0.381 e. The van der Waals surface area contributed by atoms with Crippen LogP contribution in [0.15, 0.2) is 48.5 Å². The first-order valence-corrected chi connectivity index (χ1v) is 5.87. The highest BCUT2D eigenvalue weighted by atomic mass is 14.9. The molecule has 2 nitrogen and oxygen atoms in total. The molecule has 0 unspecified atom stereocenters. The molecule has 3 N–H and O–H groups in total. The maximum absolute atomic E-state index is 5.72. The molecule has 2 aromatic rings. The van der Waals surface area contributed by atoms with Gasteiger partial charge in [0.2, 0.25) is 0 Å². The monoisotopic (exact) mass is 226 g/mol. The Morgan fingerprint density at radius 2 is 1.59 bits per heavy atom. The molecule has 0 saturated carbocycles. The number of hydrogen-bond acceptors (Lipinski definition) is 2. The predicted molar refractivity (Wildman–Crippen MR) is 72.8 cm³/mol. The van der Waals surface area contributed by atoms with Crippen molar-refractivity contribution >= 4 is 5.69 Å². The lowest BCUT2D eigenvalue weighted by molar-refractivity contribution is 1.01. The molecule has 88 valence electrons. The standard InChI is InChI=1S/C15H18N2/c1-12-6-2-5-9-15(12)17-11-14-8-4-3-7-13(14)10-16/h2-9,17H,10-11,16H2,1H3. The van der Waals surface area contributed by atoms with Gasteiger partial charge in [-0.3, -0.25) is 0 Å². The summed E-state index contributed by atoms with van der Waals surface area (Å²) >= 11 is 0. The molecule has 2 heteroatoms. The van der Waals surface area contributed by atoms with Gasteiger partial charge in [-0.1, -0.05) is 42.5 Å². The molecule has 0 amide bonds. The summed E-state index contributed by atoms with van der Waals surface area (Å²) in [6.07, 6.45) is 0. The van der Waals surface area contributed by atoms with Gasteiger partial charge in [0, 0.05) is 18.8 Å². The van der Waals surface area contributed by atoms with Crippen LogP contribution in [0.3, 0.4) is 0 Å². The van der Waals surface area contributed by atoms with E-state index in [4.69, 9.17) is 5.73 Å². The second kappa shape index (κ2) is 5.51. The molecule has 17 heavy (non-hydrogen) atoms. The van der Waals surface area contributed by atoms with Crippen molar-refractivity contribution in [3.63, 3.8) is 0 Å². The van der Waals surface area contributed by atoms with E-state index in [0.29, 0.717) is 6.54 Å². The molecule has 0 fully saturated rings. The van der Waals surface area contributed by atoms with Crippen LogP contribution in [0.2, 0.25) is 0 Å². The van der Waals surface area contributed by atoms with E-state index in [-0.39, 0.29) is 0 Å². The molecule has 0 aliphatic rings. The maximum atomic E-state index is 5.72. The van der Waals surface area contributed by atoms with Gasteiger partial charge < -0.3 is 11.1 Å². The van der Waals surface area contributed by atoms with E-state index < -0.39 is 0 Å². The van der Waals surface area contributed by atoms with Gasteiger partial charge in [0.25, 0.3) is 0 Å². The Balaban J connectivity index is 2.10. The molecule has 0 radical (unpaired) electrons. The molecule has 0 atom stereocenters. The van der Waals surface area contributed by atoms with Gasteiger partial charge in [0.1, 0.15) is 0 Å². The lowest BCUT2D eigenvalue weighted by Crippen LogP contribution is -2.06. The Kier molecular flexibility index (Phi) is 3.78. The van der Waals surface area contributed by atoms with Crippen LogP contribution in [0, 0.1) is 6.92 Å². The van der Waals surface area contributed by atoms with Crippen LogP contribution in [0.5, 0.6) is 0 Å². The highest BCUT2D eigenvalue weighted by Gasteiger charge is 2.00. The van der Waals surface area contributed by atoms with E-state index in [1.165, 1.54) is 22.4 Å². The lowest BCUT2D eigenvalue weighted by Gasteiger charge is -2.11. The molecule has 2 aromatic carbocycles. The molecule has 0 spiro atoms. The SMILES string of the molecule is Cc1ccccc1NCc1ccccc1CN. The number of anilines is 1. The fraction of sp³-hybridized carbons (Fsp3) is 0.200. The van der Waals surface area contributed by atoms with Crippen molar-refractivity contribution in [1.29, 1.82) is 0 Å². The summed E-state index contributed by atoms with van der Waals surface area (Å²) in [4.78, 5) is 0. The number of benzene rings is 2.